The van der Waals surface area contributed by atoms with Gasteiger partial charge in [-0.15, -0.1) is 0 Å². The molecule has 1 aliphatic rings. The summed E-state index contributed by atoms with van der Waals surface area (Å²) in [5.74, 6) is -0.130. The zero-order valence-corrected chi connectivity index (χ0v) is 14.1. The molecule has 0 bridgehead atoms. The molecule has 1 atom stereocenters. The van der Waals surface area contributed by atoms with Gasteiger partial charge in [0.25, 0.3) is 0 Å². The fraction of sp³-hybridized carbons (Fsp3) is 0.421. The molecule has 2 rings (SSSR count). The van der Waals surface area contributed by atoms with Gasteiger partial charge in [-0.25, -0.2) is 0 Å². The maximum atomic E-state index is 12.6. The van der Waals surface area contributed by atoms with Crippen molar-refractivity contribution in [1.29, 1.82) is 0 Å². The van der Waals surface area contributed by atoms with Crippen molar-refractivity contribution in [2.45, 2.75) is 45.4 Å². The van der Waals surface area contributed by atoms with Crippen LogP contribution in [0.1, 0.15) is 61.4 Å². The van der Waals surface area contributed by atoms with E-state index in [4.69, 9.17) is 4.84 Å². The van der Waals surface area contributed by atoms with E-state index in [2.05, 4.69) is 5.16 Å². The summed E-state index contributed by atoms with van der Waals surface area (Å²) in [4.78, 5) is 28.4. The molecule has 1 unspecified atom stereocenters. The van der Waals surface area contributed by atoms with E-state index < -0.39 is 0 Å². The number of allylic oxidation sites excluding steroid dienone is 2. The van der Waals surface area contributed by atoms with Crippen LogP contribution in [-0.2, 0) is 9.63 Å². The number of rotatable bonds is 7. The van der Waals surface area contributed by atoms with Gasteiger partial charge in [-0.05, 0) is 24.8 Å². The van der Waals surface area contributed by atoms with Gasteiger partial charge in [-0.1, -0.05) is 42.8 Å². The third kappa shape index (κ3) is 4.10. The molecule has 1 aliphatic carbocycles. The molecule has 0 aromatic heterocycles. The van der Waals surface area contributed by atoms with Gasteiger partial charge in [0, 0.05) is 18.4 Å². The first kappa shape index (κ1) is 17.9. The van der Waals surface area contributed by atoms with Gasteiger partial charge in [0.2, 0.25) is 0 Å². The summed E-state index contributed by atoms with van der Waals surface area (Å²) in [5.41, 5.74) is 2.37. The predicted octanol–water partition coefficient (Wildman–Crippen LogP) is 3.95. The summed E-state index contributed by atoms with van der Waals surface area (Å²) < 4.78 is 0. The Labute approximate surface area is 142 Å². The van der Waals surface area contributed by atoms with E-state index in [1.54, 1.807) is 12.1 Å². The van der Waals surface area contributed by atoms with Crippen LogP contribution in [0.2, 0.25) is 0 Å². The van der Waals surface area contributed by atoms with E-state index in [0.29, 0.717) is 42.7 Å². The summed E-state index contributed by atoms with van der Waals surface area (Å²) in [7, 11) is 0. The average molecular weight is 329 g/mol. The molecule has 5 nitrogen and oxygen atoms in total. The number of benzene rings is 1. The van der Waals surface area contributed by atoms with Crippen molar-refractivity contribution in [1.82, 2.24) is 0 Å². The molecule has 0 heterocycles. The van der Waals surface area contributed by atoms with E-state index in [0.717, 1.165) is 18.3 Å². The lowest BCUT2D eigenvalue weighted by molar-refractivity contribution is -0.116. The third-order valence-corrected chi connectivity index (χ3v) is 4.06. The summed E-state index contributed by atoms with van der Waals surface area (Å²) in [5, 5.41) is 14.5. The second-order valence-corrected chi connectivity index (χ2v) is 5.84. The molecule has 0 spiro atoms. The van der Waals surface area contributed by atoms with Crippen LogP contribution in [0.15, 0.2) is 40.8 Å². The Kier molecular flexibility index (Phi) is 6.29. The lowest BCUT2D eigenvalue weighted by Crippen LogP contribution is -2.24. The van der Waals surface area contributed by atoms with Crippen molar-refractivity contribution >= 4 is 17.8 Å². The maximum absolute atomic E-state index is 12.6. The molecule has 0 amide bonds. The summed E-state index contributed by atoms with van der Waals surface area (Å²) >= 11 is 0. The average Bonchev–Trinajstić information content (AvgIpc) is 2.59. The van der Waals surface area contributed by atoms with Gasteiger partial charge in [0.05, 0.1) is 11.3 Å². The molecule has 128 valence electrons. The van der Waals surface area contributed by atoms with E-state index in [9.17, 15) is 14.7 Å². The SMILES string of the molecule is CCCC(=NOCC)C1=C(O)CC(c2ccc(C=O)cc2)CC1=O. The minimum Gasteiger partial charge on any atom is -0.511 e. The molecule has 0 aliphatic heterocycles. The zero-order chi connectivity index (χ0) is 17.5. The van der Waals surface area contributed by atoms with Crippen molar-refractivity contribution < 1.29 is 19.5 Å². The highest BCUT2D eigenvalue weighted by atomic mass is 16.6. The Balaban J connectivity index is 2.26. The number of carbonyl (C=O) groups excluding carboxylic acids is 2. The summed E-state index contributed by atoms with van der Waals surface area (Å²) in [6, 6.07) is 7.12. The zero-order valence-electron chi connectivity index (χ0n) is 14.1. The molecular formula is C19H23NO4. The smallest absolute Gasteiger partial charge is 0.168 e. The minimum absolute atomic E-state index is 0.0719. The largest absolute Gasteiger partial charge is 0.511 e. The van der Waals surface area contributed by atoms with Crippen molar-refractivity contribution in [2.75, 3.05) is 6.61 Å². The number of hydrogen-bond donors (Lipinski definition) is 1. The Morgan fingerprint density at radius 3 is 2.54 bits per heavy atom. The molecule has 5 heteroatoms. The van der Waals surface area contributed by atoms with Crippen molar-refractivity contribution in [2.24, 2.45) is 5.16 Å². The van der Waals surface area contributed by atoms with Gasteiger partial charge in [-0.3, -0.25) is 9.59 Å². The monoisotopic (exact) mass is 329 g/mol. The van der Waals surface area contributed by atoms with Crippen molar-refractivity contribution in [3.63, 3.8) is 0 Å². The number of aliphatic hydroxyl groups is 1. The van der Waals surface area contributed by atoms with Crippen LogP contribution < -0.4 is 0 Å². The molecule has 24 heavy (non-hydrogen) atoms. The maximum Gasteiger partial charge on any atom is 0.168 e. The number of Topliss-reactive ketones (excluding diaryl/α,β-unsaturated/α-hetero) is 1. The highest BCUT2D eigenvalue weighted by Gasteiger charge is 2.31. The highest BCUT2D eigenvalue weighted by molar-refractivity contribution is 6.23. The molecule has 0 radical (unpaired) electrons. The standard InChI is InChI=1S/C19H23NO4/c1-3-5-16(20-24-4-2)19-17(22)10-15(11-18(19)23)14-8-6-13(12-21)7-9-14/h6-9,12,15,22H,3-5,10-11H2,1-2H3. The fourth-order valence-corrected chi connectivity index (χ4v) is 2.90. The number of carbonyl (C=O) groups is 2. The highest BCUT2D eigenvalue weighted by Crippen LogP contribution is 2.34. The van der Waals surface area contributed by atoms with E-state index >= 15 is 0 Å². The molecule has 1 N–H and O–H groups in total. The summed E-state index contributed by atoms with van der Waals surface area (Å²) in [6.45, 7) is 4.23. The van der Waals surface area contributed by atoms with Gasteiger partial charge >= 0.3 is 0 Å². The number of aliphatic hydroxyl groups excluding tert-OH is 1. The van der Waals surface area contributed by atoms with Crippen LogP contribution in [0.5, 0.6) is 0 Å². The Morgan fingerprint density at radius 2 is 2.00 bits per heavy atom. The molecular weight excluding hydrogens is 306 g/mol. The second kappa shape index (κ2) is 8.43. The van der Waals surface area contributed by atoms with Gasteiger partial charge < -0.3 is 9.94 Å². The first-order chi connectivity index (χ1) is 11.6. The van der Waals surface area contributed by atoms with Crippen LogP contribution in [0.25, 0.3) is 0 Å². The normalized spacial score (nSPS) is 18.7. The van der Waals surface area contributed by atoms with Crippen LogP contribution in [0.4, 0.5) is 0 Å². The second-order valence-electron chi connectivity index (χ2n) is 5.84. The quantitative estimate of drug-likeness (QED) is 0.467. The minimum atomic E-state index is -0.116. The topological polar surface area (TPSA) is 76.0 Å². The first-order valence-corrected chi connectivity index (χ1v) is 8.30. The van der Waals surface area contributed by atoms with E-state index in [1.165, 1.54) is 0 Å². The van der Waals surface area contributed by atoms with Gasteiger partial charge in [-0.2, -0.15) is 0 Å². The predicted molar refractivity (Wildman–Crippen MR) is 92.4 cm³/mol. The molecule has 1 aromatic rings. The van der Waals surface area contributed by atoms with Crippen LogP contribution >= 0.6 is 0 Å². The van der Waals surface area contributed by atoms with E-state index in [1.807, 2.05) is 26.0 Å². The van der Waals surface area contributed by atoms with E-state index in [-0.39, 0.29) is 17.5 Å². The van der Waals surface area contributed by atoms with Crippen LogP contribution in [-0.4, -0.2) is 29.5 Å². The molecule has 0 saturated carbocycles. The van der Waals surface area contributed by atoms with Gasteiger partial charge in [0.15, 0.2) is 5.78 Å². The lowest BCUT2D eigenvalue weighted by atomic mass is 9.80. The van der Waals surface area contributed by atoms with Crippen molar-refractivity contribution in [3.05, 3.63) is 46.7 Å². The molecule has 1 aromatic carbocycles. The Morgan fingerprint density at radius 1 is 1.29 bits per heavy atom. The summed E-state index contributed by atoms with van der Waals surface area (Å²) in [6.07, 6.45) is 2.88. The molecule has 0 fully saturated rings. The number of hydrogen-bond acceptors (Lipinski definition) is 5. The number of ketones is 1. The Bertz CT molecular complexity index is 658. The Hall–Kier alpha value is -2.43. The number of nitrogens with zero attached hydrogens (tertiary/aromatic N) is 1. The van der Waals surface area contributed by atoms with Gasteiger partial charge in [0.1, 0.15) is 18.7 Å². The fourth-order valence-electron chi connectivity index (χ4n) is 2.90. The van der Waals surface area contributed by atoms with Crippen LogP contribution in [0.3, 0.4) is 0 Å². The van der Waals surface area contributed by atoms with Crippen molar-refractivity contribution in [3.8, 4) is 0 Å². The lowest BCUT2D eigenvalue weighted by Gasteiger charge is -2.24. The number of oxime groups is 1. The third-order valence-electron chi connectivity index (χ3n) is 4.06. The number of aldehydes is 1. The molecule has 0 saturated heterocycles. The first-order valence-electron chi connectivity index (χ1n) is 8.30. The van der Waals surface area contributed by atoms with Crippen LogP contribution in [0, 0.1) is 0 Å².